The molecule has 1 atom stereocenters. The summed E-state index contributed by atoms with van der Waals surface area (Å²) in [5.74, 6) is 0. The molecule has 0 amide bonds. The summed E-state index contributed by atoms with van der Waals surface area (Å²) in [5.41, 5.74) is 2.05. The minimum Gasteiger partial charge on any atom is -0.314 e. The van der Waals surface area contributed by atoms with Crippen molar-refractivity contribution in [3.63, 3.8) is 0 Å². The summed E-state index contributed by atoms with van der Waals surface area (Å²) in [4.78, 5) is 0. The van der Waals surface area contributed by atoms with Crippen molar-refractivity contribution in [2.24, 2.45) is 0 Å². The van der Waals surface area contributed by atoms with E-state index in [1.807, 2.05) is 38.1 Å². The van der Waals surface area contributed by atoms with Gasteiger partial charge in [0, 0.05) is 6.04 Å². The largest absolute Gasteiger partial charge is 0.390 e. The molecule has 1 N–H and O–H groups in total. The normalized spacial score (nSPS) is 13.7. The Hall–Kier alpha value is -1.03. The number of benzene rings is 1. The maximum atomic E-state index is 12.4. The molecule has 1 unspecified atom stereocenters. The lowest BCUT2D eigenvalue weighted by Crippen LogP contribution is -2.35. The molecule has 0 heterocycles. The first-order valence-corrected chi connectivity index (χ1v) is 5.76. The van der Waals surface area contributed by atoms with Crippen molar-refractivity contribution in [3.8, 4) is 0 Å². The van der Waals surface area contributed by atoms with Crippen LogP contribution in [-0.2, 0) is 6.42 Å². The molecule has 0 aliphatic heterocycles. The molecule has 4 heteroatoms. The van der Waals surface area contributed by atoms with E-state index < -0.39 is 18.6 Å². The molecule has 1 rings (SSSR count). The van der Waals surface area contributed by atoms with Crippen molar-refractivity contribution in [2.45, 2.75) is 38.9 Å². The second-order valence-electron chi connectivity index (χ2n) is 4.26. The van der Waals surface area contributed by atoms with E-state index in [-0.39, 0.29) is 0 Å². The molecule has 96 valence electrons. The molecule has 1 nitrogen and oxygen atoms in total. The van der Waals surface area contributed by atoms with Crippen LogP contribution in [0.2, 0.25) is 0 Å². The Labute approximate surface area is 100 Å². The second-order valence-corrected chi connectivity index (χ2v) is 4.26. The van der Waals surface area contributed by atoms with Crippen LogP contribution in [0.4, 0.5) is 13.2 Å². The second kappa shape index (κ2) is 6.05. The van der Waals surface area contributed by atoms with Crippen LogP contribution in [0.25, 0.3) is 0 Å². The number of halogens is 3. The summed E-state index contributed by atoms with van der Waals surface area (Å²) in [5, 5.41) is 2.88. The Morgan fingerprint density at radius 3 is 2.24 bits per heavy atom. The fourth-order valence-electron chi connectivity index (χ4n) is 1.79. The number of hydrogen-bond acceptors (Lipinski definition) is 1. The molecule has 0 spiro atoms. The Kier molecular flexibility index (Phi) is 5.00. The standard InChI is InChI=1S/C13H18F3N/c1-3-17-12(9-13(14,15)16)8-11-6-4-10(2)5-7-11/h4-7,12,17H,3,8-9H2,1-2H3. The van der Waals surface area contributed by atoms with Gasteiger partial charge in [0.2, 0.25) is 0 Å². The third-order valence-electron chi connectivity index (χ3n) is 2.57. The zero-order valence-corrected chi connectivity index (χ0v) is 10.1. The fraction of sp³-hybridized carbons (Fsp3) is 0.538. The van der Waals surface area contributed by atoms with Gasteiger partial charge >= 0.3 is 6.18 Å². The molecule has 0 aromatic heterocycles. The first kappa shape index (κ1) is 14.0. The van der Waals surface area contributed by atoms with Crippen molar-refractivity contribution < 1.29 is 13.2 Å². The predicted molar refractivity (Wildman–Crippen MR) is 63.0 cm³/mol. The lowest BCUT2D eigenvalue weighted by atomic mass is 10.0. The van der Waals surface area contributed by atoms with Gasteiger partial charge in [-0.1, -0.05) is 36.8 Å². The Bertz CT molecular complexity index is 330. The van der Waals surface area contributed by atoms with Crippen LogP contribution in [0.15, 0.2) is 24.3 Å². The van der Waals surface area contributed by atoms with Crippen molar-refractivity contribution in [3.05, 3.63) is 35.4 Å². The smallest absolute Gasteiger partial charge is 0.314 e. The summed E-state index contributed by atoms with van der Waals surface area (Å²) >= 11 is 0. The van der Waals surface area contributed by atoms with E-state index >= 15 is 0 Å². The lowest BCUT2D eigenvalue weighted by Gasteiger charge is -2.19. The zero-order chi connectivity index (χ0) is 12.9. The van der Waals surface area contributed by atoms with Gasteiger partial charge in [0.15, 0.2) is 0 Å². The fourth-order valence-corrected chi connectivity index (χ4v) is 1.79. The van der Waals surface area contributed by atoms with Crippen molar-refractivity contribution in [2.75, 3.05) is 6.54 Å². The third-order valence-corrected chi connectivity index (χ3v) is 2.57. The van der Waals surface area contributed by atoms with Gasteiger partial charge < -0.3 is 5.32 Å². The summed E-state index contributed by atoms with van der Waals surface area (Å²) in [7, 11) is 0. The van der Waals surface area contributed by atoms with Gasteiger partial charge in [-0.15, -0.1) is 0 Å². The van der Waals surface area contributed by atoms with Crippen LogP contribution < -0.4 is 5.32 Å². The van der Waals surface area contributed by atoms with Crippen LogP contribution in [-0.4, -0.2) is 18.8 Å². The van der Waals surface area contributed by atoms with Crippen molar-refractivity contribution in [1.82, 2.24) is 5.32 Å². The first-order chi connectivity index (χ1) is 7.90. The summed E-state index contributed by atoms with van der Waals surface area (Å²) in [6.45, 7) is 4.33. The van der Waals surface area contributed by atoms with Crippen LogP contribution in [0.1, 0.15) is 24.5 Å². The van der Waals surface area contributed by atoms with E-state index in [9.17, 15) is 13.2 Å². The van der Waals surface area contributed by atoms with Gasteiger partial charge in [-0.25, -0.2) is 0 Å². The lowest BCUT2D eigenvalue weighted by molar-refractivity contribution is -0.139. The van der Waals surface area contributed by atoms with Gasteiger partial charge in [-0.05, 0) is 25.5 Å². The molecule has 0 radical (unpaired) electrons. The van der Waals surface area contributed by atoms with Gasteiger partial charge in [-0.3, -0.25) is 0 Å². The van der Waals surface area contributed by atoms with Gasteiger partial charge in [0.25, 0.3) is 0 Å². The van der Waals surface area contributed by atoms with E-state index in [0.29, 0.717) is 13.0 Å². The molecule has 0 fully saturated rings. The van der Waals surface area contributed by atoms with Gasteiger partial charge in [0.1, 0.15) is 0 Å². The molecular weight excluding hydrogens is 227 g/mol. The highest BCUT2D eigenvalue weighted by molar-refractivity contribution is 5.22. The third kappa shape index (κ3) is 5.73. The Morgan fingerprint density at radius 2 is 1.76 bits per heavy atom. The number of nitrogens with one attached hydrogen (secondary N) is 1. The molecule has 17 heavy (non-hydrogen) atoms. The van der Waals surface area contributed by atoms with Crippen LogP contribution in [0.3, 0.4) is 0 Å². The highest BCUT2D eigenvalue weighted by Crippen LogP contribution is 2.23. The van der Waals surface area contributed by atoms with Crippen molar-refractivity contribution >= 4 is 0 Å². The number of likely N-dealkylation sites (N-methyl/N-ethyl adjacent to an activating group) is 1. The first-order valence-electron chi connectivity index (χ1n) is 5.76. The van der Waals surface area contributed by atoms with Crippen LogP contribution >= 0.6 is 0 Å². The maximum Gasteiger partial charge on any atom is 0.390 e. The highest BCUT2D eigenvalue weighted by Gasteiger charge is 2.31. The zero-order valence-electron chi connectivity index (χ0n) is 10.1. The minimum atomic E-state index is -4.11. The summed E-state index contributed by atoms with van der Waals surface area (Å²) in [6, 6.07) is 7.08. The number of aryl methyl sites for hydroxylation is 1. The Morgan fingerprint density at radius 1 is 1.18 bits per heavy atom. The topological polar surface area (TPSA) is 12.0 Å². The Balaban J connectivity index is 2.63. The molecule has 0 saturated carbocycles. The van der Waals surface area contributed by atoms with Crippen molar-refractivity contribution in [1.29, 1.82) is 0 Å². The predicted octanol–water partition coefficient (Wildman–Crippen LogP) is 3.47. The molecule has 1 aromatic carbocycles. The maximum absolute atomic E-state index is 12.4. The molecular formula is C13H18F3N. The quantitative estimate of drug-likeness (QED) is 0.837. The van der Waals surface area contributed by atoms with Gasteiger partial charge in [-0.2, -0.15) is 13.2 Å². The van der Waals surface area contributed by atoms with E-state index in [2.05, 4.69) is 5.32 Å². The SMILES string of the molecule is CCNC(Cc1ccc(C)cc1)CC(F)(F)F. The number of rotatable bonds is 5. The summed E-state index contributed by atoms with van der Waals surface area (Å²) in [6.07, 6.45) is -4.49. The van der Waals surface area contributed by atoms with E-state index in [0.717, 1.165) is 11.1 Å². The molecule has 0 bridgehead atoms. The van der Waals surface area contributed by atoms with E-state index in [4.69, 9.17) is 0 Å². The minimum absolute atomic E-state index is 0.410. The average Bonchev–Trinajstić information content (AvgIpc) is 2.19. The van der Waals surface area contributed by atoms with Crippen LogP contribution in [0, 0.1) is 6.92 Å². The molecule has 0 aliphatic rings. The molecule has 0 aliphatic carbocycles. The summed E-state index contributed by atoms with van der Waals surface area (Å²) < 4.78 is 37.1. The van der Waals surface area contributed by atoms with E-state index in [1.54, 1.807) is 0 Å². The molecule has 1 aromatic rings. The van der Waals surface area contributed by atoms with Crippen LogP contribution in [0.5, 0.6) is 0 Å². The van der Waals surface area contributed by atoms with E-state index in [1.165, 1.54) is 0 Å². The number of alkyl halides is 3. The molecule has 0 saturated heterocycles. The van der Waals surface area contributed by atoms with Gasteiger partial charge in [0.05, 0.1) is 6.42 Å². The monoisotopic (exact) mass is 245 g/mol. The average molecular weight is 245 g/mol. The highest BCUT2D eigenvalue weighted by atomic mass is 19.4. The number of hydrogen-bond donors (Lipinski definition) is 1.